The molecule has 1 aliphatic rings. The maximum absolute atomic E-state index is 12.8. The average molecular weight is 570 g/mol. The van der Waals surface area contributed by atoms with Gasteiger partial charge in [-0.05, 0) is 46.1 Å². The third-order valence-corrected chi connectivity index (χ3v) is 7.80. The fourth-order valence-corrected chi connectivity index (χ4v) is 4.77. The smallest absolute Gasteiger partial charge is 0.338 e. The Balaban J connectivity index is 1.52. The number of benzene rings is 1. The van der Waals surface area contributed by atoms with Crippen LogP contribution < -0.4 is 10.6 Å². The molecule has 12 nitrogen and oxygen atoms in total. The van der Waals surface area contributed by atoms with Crippen molar-refractivity contribution in [2.24, 2.45) is 10.8 Å². The van der Waals surface area contributed by atoms with Crippen LogP contribution in [0, 0.1) is 22.7 Å². The Labute approximate surface area is 239 Å². The van der Waals surface area contributed by atoms with Gasteiger partial charge in [-0.1, -0.05) is 41.5 Å². The average Bonchev–Trinajstić information content (AvgIpc) is 3.48. The molecule has 1 aliphatic heterocycles. The number of carbonyl (C=O) groups excluding carboxylic acids is 3. The number of hydrogen-bond donors (Lipinski definition) is 5. The molecule has 3 atom stereocenters. The van der Waals surface area contributed by atoms with Gasteiger partial charge < -0.3 is 30.7 Å². The van der Waals surface area contributed by atoms with E-state index < -0.39 is 46.6 Å². The van der Waals surface area contributed by atoms with Crippen molar-refractivity contribution < 1.29 is 34.4 Å². The number of aliphatic hydroxyl groups excluding tert-OH is 2. The number of rotatable bonds is 11. The molecule has 1 saturated heterocycles. The summed E-state index contributed by atoms with van der Waals surface area (Å²) in [4.78, 5) is 37.8. The summed E-state index contributed by atoms with van der Waals surface area (Å²) in [6.07, 6.45) is 2.39. The van der Waals surface area contributed by atoms with Gasteiger partial charge in [-0.15, -0.1) is 11.0 Å². The number of ether oxygens (including phenoxy) is 1. The molecule has 3 rings (SSSR count). The number of methoxy groups -OCH3 is 1. The zero-order valence-corrected chi connectivity index (χ0v) is 24.1. The lowest BCUT2D eigenvalue weighted by atomic mass is 9.68. The van der Waals surface area contributed by atoms with Crippen molar-refractivity contribution in [2.75, 3.05) is 13.7 Å². The highest BCUT2D eigenvalue weighted by atomic mass is 16.5. The largest absolute Gasteiger partial charge is 0.467 e. The van der Waals surface area contributed by atoms with Gasteiger partial charge in [-0.2, -0.15) is 0 Å². The number of aliphatic hydroxyl groups is 3. The van der Waals surface area contributed by atoms with E-state index in [9.17, 15) is 29.7 Å². The fourth-order valence-electron chi connectivity index (χ4n) is 4.77. The highest BCUT2D eigenvalue weighted by molar-refractivity contribution is 5.99. The van der Waals surface area contributed by atoms with Crippen LogP contribution >= 0.6 is 0 Å². The van der Waals surface area contributed by atoms with Crippen LogP contribution in [-0.4, -0.2) is 73.0 Å². The Morgan fingerprint density at radius 3 is 2.54 bits per heavy atom. The molecule has 41 heavy (non-hydrogen) atoms. The van der Waals surface area contributed by atoms with Crippen LogP contribution in [-0.2, 0) is 32.2 Å². The van der Waals surface area contributed by atoms with E-state index in [0.29, 0.717) is 37.1 Å². The van der Waals surface area contributed by atoms with Gasteiger partial charge in [0.2, 0.25) is 17.4 Å². The van der Waals surface area contributed by atoms with Crippen LogP contribution in [0.25, 0.3) is 0 Å². The lowest BCUT2D eigenvalue weighted by Crippen LogP contribution is -2.67. The van der Waals surface area contributed by atoms with Crippen molar-refractivity contribution in [1.29, 1.82) is 0 Å². The summed E-state index contributed by atoms with van der Waals surface area (Å²) in [5.74, 6) is 3.59. The Morgan fingerprint density at radius 1 is 1.22 bits per heavy atom. The van der Waals surface area contributed by atoms with Crippen LogP contribution in [0.5, 0.6) is 0 Å². The molecule has 2 heterocycles. The van der Waals surface area contributed by atoms with Gasteiger partial charge in [0.05, 0.1) is 43.4 Å². The third-order valence-electron chi connectivity index (χ3n) is 7.80. The second-order valence-corrected chi connectivity index (χ2v) is 11.3. The van der Waals surface area contributed by atoms with Crippen molar-refractivity contribution in [3.8, 4) is 11.8 Å². The standard InChI is InChI=1S/C29H39N5O7/c1-26(2,22(36)20-13-9-8-10-14-20)23(37)30-17-21-18-34(33-32-21)16-12-7-6-11-15-29(40)27(3,4)24(38)31-28(29,19-35)25(39)41-5/h8-10,13-14,18,22,35-36,40H,6-7,12,16-17,19H2,1-5H3,(H,30,37)(H,31,38)/t22?,28-,29-/m0/s1. The van der Waals surface area contributed by atoms with E-state index in [0.717, 1.165) is 7.11 Å². The fraction of sp³-hybridized carbons (Fsp3) is 0.552. The van der Waals surface area contributed by atoms with E-state index in [2.05, 4.69) is 32.8 Å². The molecular formula is C29H39N5O7. The summed E-state index contributed by atoms with van der Waals surface area (Å²) in [7, 11) is 1.10. The minimum atomic E-state index is -2.18. The predicted molar refractivity (Wildman–Crippen MR) is 147 cm³/mol. The molecule has 0 spiro atoms. The first-order chi connectivity index (χ1) is 19.3. The molecule has 12 heteroatoms. The quantitative estimate of drug-likeness (QED) is 0.148. The van der Waals surface area contributed by atoms with Crippen LogP contribution in [0.15, 0.2) is 36.5 Å². The number of hydrogen-bond acceptors (Lipinski definition) is 9. The summed E-state index contributed by atoms with van der Waals surface area (Å²) >= 11 is 0. The zero-order valence-electron chi connectivity index (χ0n) is 24.1. The van der Waals surface area contributed by atoms with Gasteiger partial charge in [0, 0.05) is 13.0 Å². The van der Waals surface area contributed by atoms with Crippen molar-refractivity contribution in [1.82, 2.24) is 25.6 Å². The molecule has 5 N–H and O–H groups in total. The number of nitrogens with one attached hydrogen (secondary N) is 2. The molecule has 0 bridgehead atoms. The van der Waals surface area contributed by atoms with Gasteiger partial charge in [0.1, 0.15) is 5.69 Å². The normalized spacial score (nSPS) is 22.3. The van der Waals surface area contributed by atoms with Crippen LogP contribution in [0.1, 0.15) is 64.3 Å². The van der Waals surface area contributed by atoms with Crippen molar-refractivity contribution in [3.63, 3.8) is 0 Å². The molecule has 0 aliphatic carbocycles. The lowest BCUT2D eigenvalue weighted by Gasteiger charge is -2.39. The predicted octanol–water partition coefficient (Wildman–Crippen LogP) is 0.619. The summed E-state index contributed by atoms with van der Waals surface area (Å²) in [6, 6.07) is 9.01. The Morgan fingerprint density at radius 2 is 1.90 bits per heavy atom. The number of aryl methyl sites for hydroxylation is 1. The zero-order chi connectivity index (χ0) is 30.5. The van der Waals surface area contributed by atoms with Crippen LogP contribution in [0.4, 0.5) is 0 Å². The molecule has 1 fully saturated rings. The molecule has 1 aromatic carbocycles. The number of unbranched alkanes of at least 4 members (excludes halogenated alkanes) is 2. The summed E-state index contributed by atoms with van der Waals surface area (Å²) in [6.45, 7) is 6.07. The second kappa shape index (κ2) is 12.4. The minimum Gasteiger partial charge on any atom is -0.467 e. The molecule has 1 unspecified atom stereocenters. The summed E-state index contributed by atoms with van der Waals surface area (Å²) in [5.41, 5.74) is -5.58. The first-order valence-electron chi connectivity index (χ1n) is 13.4. The van der Waals surface area contributed by atoms with Crippen molar-refractivity contribution in [2.45, 2.75) is 77.3 Å². The van der Waals surface area contributed by atoms with Crippen LogP contribution in [0.3, 0.4) is 0 Å². The monoisotopic (exact) mass is 569 g/mol. The summed E-state index contributed by atoms with van der Waals surface area (Å²) in [5, 5.41) is 45.4. The van der Waals surface area contributed by atoms with Crippen molar-refractivity contribution in [3.05, 3.63) is 47.8 Å². The van der Waals surface area contributed by atoms with E-state index in [-0.39, 0.29) is 12.5 Å². The molecule has 2 amide bonds. The van der Waals surface area contributed by atoms with E-state index >= 15 is 0 Å². The SMILES string of the molecule is COC(=O)[C@]1(CO)NC(=O)C(C)(C)[C@@]1(O)C#CCCCCn1cc(CNC(=O)C(C)(C)C(O)c2ccccc2)nn1. The maximum atomic E-state index is 12.8. The molecule has 0 radical (unpaired) electrons. The lowest BCUT2D eigenvalue weighted by molar-refractivity contribution is -0.162. The molecule has 0 saturated carbocycles. The summed E-state index contributed by atoms with van der Waals surface area (Å²) < 4.78 is 6.39. The molecular weight excluding hydrogens is 530 g/mol. The third kappa shape index (κ3) is 5.98. The highest BCUT2D eigenvalue weighted by Crippen LogP contribution is 2.45. The maximum Gasteiger partial charge on any atom is 0.338 e. The topological polar surface area (TPSA) is 176 Å². The van der Waals surface area contributed by atoms with Gasteiger partial charge in [-0.25, -0.2) is 4.79 Å². The number of esters is 1. The van der Waals surface area contributed by atoms with Gasteiger partial charge >= 0.3 is 5.97 Å². The Kier molecular flexibility index (Phi) is 9.58. The Hall–Kier alpha value is -3.79. The van der Waals surface area contributed by atoms with E-state index in [4.69, 9.17) is 4.74 Å². The van der Waals surface area contributed by atoms with Crippen LogP contribution in [0.2, 0.25) is 0 Å². The second-order valence-electron chi connectivity index (χ2n) is 11.3. The molecule has 1 aromatic heterocycles. The number of nitrogens with zero attached hydrogens (tertiary/aromatic N) is 3. The highest BCUT2D eigenvalue weighted by Gasteiger charge is 2.72. The number of carbonyl (C=O) groups is 3. The molecule has 2 aromatic rings. The van der Waals surface area contributed by atoms with E-state index in [1.807, 2.05) is 18.2 Å². The van der Waals surface area contributed by atoms with E-state index in [1.165, 1.54) is 13.8 Å². The van der Waals surface area contributed by atoms with Gasteiger partial charge in [0.25, 0.3) is 0 Å². The van der Waals surface area contributed by atoms with Crippen molar-refractivity contribution >= 4 is 17.8 Å². The first kappa shape index (κ1) is 31.7. The minimum absolute atomic E-state index is 0.156. The number of aromatic nitrogens is 3. The number of amides is 2. The van der Waals surface area contributed by atoms with Gasteiger partial charge in [-0.3, -0.25) is 14.3 Å². The van der Waals surface area contributed by atoms with Gasteiger partial charge in [0.15, 0.2) is 5.60 Å². The first-order valence-corrected chi connectivity index (χ1v) is 13.4. The van der Waals surface area contributed by atoms with E-state index in [1.54, 1.807) is 36.9 Å². The Bertz CT molecular complexity index is 1310. The molecule has 222 valence electrons.